The van der Waals surface area contributed by atoms with E-state index < -0.39 is 15.8 Å². The summed E-state index contributed by atoms with van der Waals surface area (Å²) in [6, 6.07) is 7.22. The number of benzene rings is 1. The first kappa shape index (κ1) is 16.0. The molecular formula is C15H18O4S2. The molecule has 1 N–H and O–H groups in total. The van der Waals surface area contributed by atoms with Crippen LogP contribution in [0.25, 0.3) is 10.1 Å². The van der Waals surface area contributed by atoms with Crippen LogP contribution in [0.2, 0.25) is 0 Å². The Kier molecular flexibility index (Phi) is 4.68. The van der Waals surface area contributed by atoms with Crippen molar-refractivity contribution in [3.63, 3.8) is 0 Å². The summed E-state index contributed by atoms with van der Waals surface area (Å²) in [5.74, 6) is -1.10. The van der Waals surface area contributed by atoms with E-state index in [4.69, 9.17) is 0 Å². The van der Waals surface area contributed by atoms with Crippen LogP contribution in [0, 0.1) is 5.92 Å². The molecule has 0 bridgehead atoms. The summed E-state index contributed by atoms with van der Waals surface area (Å²) in [7, 11) is -3.32. The number of hydrogen-bond donors (Lipinski definition) is 1. The van der Waals surface area contributed by atoms with Gasteiger partial charge in [0.2, 0.25) is 0 Å². The highest BCUT2D eigenvalue weighted by Gasteiger charge is 2.23. The van der Waals surface area contributed by atoms with Crippen LogP contribution >= 0.6 is 11.3 Å². The predicted octanol–water partition coefficient (Wildman–Crippen LogP) is 3.56. The zero-order valence-electron chi connectivity index (χ0n) is 12.0. The summed E-state index contributed by atoms with van der Waals surface area (Å²) in [5.41, 5.74) is 0.423. The Labute approximate surface area is 128 Å². The molecule has 1 heterocycles. The molecular weight excluding hydrogens is 308 g/mol. The molecule has 2 rings (SSSR count). The fourth-order valence-electron chi connectivity index (χ4n) is 2.25. The zero-order chi connectivity index (χ0) is 15.6. The Hall–Kier alpha value is -1.40. The molecule has 0 spiro atoms. The van der Waals surface area contributed by atoms with Gasteiger partial charge in [-0.25, -0.2) is 13.2 Å². The lowest BCUT2D eigenvalue weighted by molar-refractivity contribution is 0.0701. The van der Waals surface area contributed by atoms with Gasteiger partial charge in [0.25, 0.3) is 0 Å². The third kappa shape index (κ3) is 3.63. The van der Waals surface area contributed by atoms with E-state index in [2.05, 4.69) is 0 Å². The van der Waals surface area contributed by atoms with Crippen LogP contribution in [0.4, 0.5) is 0 Å². The Balaban J connectivity index is 2.46. The lowest BCUT2D eigenvalue weighted by Gasteiger charge is -2.09. The van der Waals surface area contributed by atoms with E-state index in [1.165, 1.54) is 0 Å². The molecule has 0 aliphatic heterocycles. The Morgan fingerprint density at radius 3 is 2.62 bits per heavy atom. The van der Waals surface area contributed by atoms with Crippen LogP contribution in [0.3, 0.4) is 0 Å². The normalized spacial score (nSPS) is 13.4. The van der Waals surface area contributed by atoms with E-state index in [0.717, 1.165) is 27.8 Å². The molecule has 114 valence electrons. The molecule has 21 heavy (non-hydrogen) atoms. The number of thiophene rings is 1. The predicted molar refractivity (Wildman–Crippen MR) is 85.7 cm³/mol. The average Bonchev–Trinajstić information content (AvgIpc) is 2.77. The van der Waals surface area contributed by atoms with Gasteiger partial charge in [-0.2, -0.15) is 0 Å². The second kappa shape index (κ2) is 6.15. The topological polar surface area (TPSA) is 71.4 Å². The van der Waals surface area contributed by atoms with Crippen LogP contribution < -0.4 is 0 Å². The molecule has 0 saturated heterocycles. The fourth-order valence-corrected chi connectivity index (χ4v) is 5.36. The minimum Gasteiger partial charge on any atom is -0.477 e. The van der Waals surface area contributed by atoms with Gasteiger partial charge in [-0.1, -0.05) is 38.5 Å². The van der Waals surface area contributed by atoms with E-state index in [9.17, 15) is 18.3 Å². The van der Waals surface area contributed by atoms with Gasteiger partial charge in [-0.3, -0.25) is 0 Å². The number of fused-ring (bicyclic) bond motifs is 1. The second-order valence-electron chi connectivity index (χ2n) is 5.28. The molecule has 6 heteroatoms. The smallest absolute Gasteiger partial charge is 0.346 e. The maximum atomic E-state index is 12.3. The largest absolute Gasteiger partial charge is 0.477 e. The first-order valence-electron chi connectivity index (χ1n) is 6.78. The van der Waals surface area contributed by atoms with Crippen molar-refractivity contribution in [2.75, 3.05) is 5.75 Å². The number of rotatable bonds is 6. The van der Waals surface area contributed by atoms with Crippen molar-refractivity contribution in [3.8, 4) is 0 Å². The molecule has 2 aromatic rings. The van der Waals surface area contributed by atoms with Gasteiger partial charge in [0.1, 0.15) is 4.88 Å². The molecule has 1 aromatic heterocycles. The fraction of sp³-hybridized carbons (Fsp3) is 0.400. The number of carbonyl (C=O) groups is 1. The maximum Gasteiger partial charge on any atom is 0.346 e. The molecule has 1 aromatic carbocycles. The Morgan fingerprint density at radius 2 is 2.00 bits per heavy atom. The summed E-state index contributed by atoms with van der Waals surface area (Å²) in [6.07, 6.45) is 0.787. The maximum absolute atomic E-state index is 12.3. The van der Waals surface area contributed by atoms with Crippen molar-refractivity contribution >= 4 is 37.2 Å². The van der Waals surface area contributed by atoms with Crippen molar-refractivity contribution in [1.29, 1.82) is 0 Å². The van der Waals surface area contributed by atoms with E-state index >= 15 is 0 Å². The number of sulfone groups is 1. The quantitative estimate of drug-likeness (QED) is 0.881. The minimum absolute atomic E-state index is 0.0770. The van der Waals surface area contributed by atoms with E-state index in [-0.39, 0.29) is 22.3 Å². The van der Waals surface area contributed by atoms with E-state index in [1.807, 2.05) is 26.0 Å². The lowest BCUT2D eigenvalue weighted by atomic mass is 10.1. The molecule has 0 fully saturated rings. The van der Waals surface area contributed by atoms with E-state index in [1.54, 1.807) is 12.1 Å². The Bertz CT molecular complexity index is 759. The highest BCUT2D eigenvalue weighted by atomic mass is 32.2. The van der Waals surface area contributed by atoms with Crippen molar-refractivity contribution in [2.45, 2.75) is 26.0 Å². The van der Waals surface area contributed by atoms with Crippen molar-refractivity contribution in [1.82, 2.24) is 0 Å². The number of hydrogen-bond acceptors (Lipinski definition) is 4. The molecule has 0 saturated carbocycles. The first-order chi connectivity index (χ1) is 9.84. The third-order valence-electron chi connectivity index (χ3n) is 3.49. The number of carboxylic acid groups (broad SMARTS) is 1. The lowest BCUT2D eigenvalue weighted by Crippen LogP contribution is -2.16. The average molecular weight is 326 g/mol. The van der Waals surface area contributed by atoms with Crippen molar-refractivity contribution in [3.05, 3.63) is 34.7 Å². The molecule has 1 unspecified atom stereocenters. The SMILES string of the molecule is CCC(C)CS(=O)(=O)Cc1c(C(=O)O)sc2ccccc12. The van der Waals surface area contributed by atoms with Crippen LogP contribution in [-0.2, 0) is 15.6 Å². The van der Waals surface area contributed by atoms with Crippen molar-refractivity contribution in [2.24, 2.45) is 5.92 Å². The highest BCUT2D eigenvalue weighted by molar-refractivity contribution is 7.90. The van der Waals surface area contributed by atoms with Crippen molar-refractivity contribution < 1.29 is 18.3 Å². The summed E-state index contributed by atoms with van der Waals surface area (Å²) in [4.78, 5) is 11.5. The van der Waals surface area contributed by atoms with Gasteiger partial charge >= 0.3 is 5.97 Å². The number of aromatic carboxylic acids is 1. The van der Waals surface area contributed by atoms with Crippen LogP contribution in [-0.4, -0.2) is 25.2 Å². The van der Waals surface area contributed by atoms with Gasteiger partial charge in [0.05, 0.1) is 11.5 Å². The second-order valence-corrected chi connectivity index (χ2v) is 8.44. The van der Waals surface area contributed by atoms with Gasteiger partial charge in [-0.05, 0) is 17.4 Å². The van der Waals surface area contributed by atoms with Gasteiger partial charge in [0, 0.05) is 10.3 Å². The third-order valence-corrected chi connectivity index (χ3v) is 6.50. The Morgan fingerprint density at radius 1 is 1.33 bits per heavy atom. The highest BCUT2D eigenvalue weighted by Crippen LogP contribution is 2.33. The van der Waals surface area contributed by atoms with Crippen LogP contribution in [0.1, 0.15) is 35.5 Å². The molecule has 0 aliphatic carbocycles. The van der Waals surface area contributed by atoms with Gasteiger partial charge in [-0.15, -0.1) is 11.3 Å². The summed E-state index contributed by atoms with van der Waals surface area (Å²) >= 11 is 1.13. The zero-order valence-corrected chi connectivity index (χ0v) is 13.6. The standard InChI is InChI=1S/C15H18O4S2/c1-3-10(2)8-21(18,19)9-12-11-6-4-5-7-13(11)20-14(12)15(16)17/h4-7,10H,3,8-9H2,1-2H3,(H,16,17). The number of carboxylic acids is 1. The molecule has 4 nitrogen and oxygen atoms in total. The molecule has 0 aliphatic rings. The molecule has 0 amide bonds. The van der Waals surface area contributed by atoms with Crippen LogP contribution in [0.5, 0.6) is 0 Å². The molecule has 1 atom stereocenters. The van der Waals surface area contributed by atoms with Gasteiger partial charge in [0.15, 0.2) is 9.84 Å². The monoisotopic (exact) mass is 326 g/mol. The molecule has 0 radical (unpaired) electrons. The minimum atomic E-state index is -3.32. The van der Waals surface area contributed by atoms with Gasteiger partial charge < -0.3 is 5.11 Å². The summed E-state index contributed by atoms with van der Waals surface area (Å²) in [6.45, 7) is 3.84. The van der Waals surface area contributed by atoms with E-state index in [0.29, 0.717) is 5.56 Å². The summed E-state index contributed by atoms with van der Waals surface area (Å²) in [5, 5.41) is 10.0. The van der Waals surface area contributed by atoms with Crippen LogP contribution in [0.15, 0.2) is 24.3 Å². The first-order valence-corrected chi connectivity index (χ1v) is 9.42. The summed E-state index contributed by atoms with van der Waals surface area (Å²) < 4.78 is 25.4.